The molecule has 2 rings (SSSR count). The molecule has 0 spiro atoms. The molecule has 1 aromatic carbocycles. The number of aryl methyl sites for hydroxylation is 1. The number of sulfonamides is 1. The molecule has 0 saturated carbocycles. The van der Waals surface area contributed by atoms with Crippen molar-refractivity contribution in [2.75, 3.05) is 18.1 Å². The quantitative estimate of drug-likeness (QED) is 0.738. The molecule has 0 aliphatic rings. The second kappa shape index (κ2) is 6.05. The van der Waals surface area contributed by atoms with E-state index >= 15 is 0 Å². The van der Waals surface area contributed by atoms with E-state index in [1.807, 2.05) is 6.92 Å². The molecule has 0 aliphatic carbocycles. The maximum atomic E-state index is 11.8. The highest BCUT2D eigenvalue weighted by atomic mass is 32.2. The third kappa shape index (κ3) is 3.55. The minimum atomic E-state index is -3.48. The molecule has 0 radical (unpaired) electrons. The number of nitrogens with one attached hydrogen (secondary N) is 2. The molecule has 0 saturated heterocycles. The van der Waals surface area contributed by atoms with Gasteiger partial charge in [-0.25, -0.2) is 13.1 Å². The first-order valence-electron chi connectivity index (χ1n) is 6.49. The molecular weight excluding hydrogens is 306 g/mol. The maximum absolute atomic E-state index is 11.8. The Kier molecular flexibility index (Phi) is 4.55. The highest BCUT2D eigenvalue weighted by molar-refractivity contribution is 7.89. The summed E-state index contributed by atoms with van der Waals surface area (Å²) < 4.78 is 26.0. The van der Waals surface area contributed by atoms with Crippen molar-refractivity contribution in [3.63, 3.8) is 0 Å². The Hall–Kier alpha value is -1.57. The van der Waals surface area contributed by atoms with Crippen molar-refractivity contribution in [1.29, 1.82) is 0 Å². The monoisotopic (exact) mass is 325 g/mol. The van der Waals surface area contributed by atoms with Gasteiger partial charge in [0.1, 0.15) is 0 Å². The molecule has 0 fully saturated rings. The summed E-state index contributed by atoms with van der Waals surface area (Å²) in [6.07, 6.45) is 0. The van der Waals surface area contributed by atoms with E-state index in [0.29, 0.717) is 11.4 Å². The molecule has 0 bridgehead atoms. The largest absolute Gasteiger partial charge is 0.397 e. The van der Waals surface area contributed by atoms with Crippen LogP contribution in [0.15, 0.2) is 35.2 Å². The van der Waals surface area contributed by atoms with Crippen LogP contribution in [0.4, 0.5) is 11.4 Å². The number of rotatable bonds is 5. The lowest BCUT2D eigenvalue weighted by molar-refractivity contribution is 0.588. The number of thiophene rings is 1. The van der Waals surface area contributed by atoms with E-state index in [-0.39, 0.29) is 10.9 Å². The van der Waals surface area contributed by atoms with Gasteiger partial charge in [-0.15, -0.1) is 11.3 Å². The molecule has 1 heterocycles. The van der Waals surface area contributed by atoms with Gasteiger partial charge in [0.05, 0.1) is 22.3 Å². The fraction of sp³-hybridized carbons (Fsp3) is 0.286. The predicted octanol–water partition coefficient (Wildman–Crippen LogP) is 2.72. The lowest BCUT2D eigenvalue weighted by Gasteiger charge is -2.16. The number of hydrogen-bond donors (Lipinski definition) is 3. The molecule has 2 aromatic rings. The van der Waals surface area contributed by atoms with Gasteiger partial charge in [-0.3, -0.25) is 0 Å². The van der Waals surface area contributed by atoms with Gasteiger partial charge in [0, 0.05) is 9.75 Å². The van der Waals surface area contributed by atoms with Crippen LogP contribution in [0.2, 0.25) is 0 Å². The van der Waals surface area contributed by atoms with Crippen LogP contribution in [-0.4, -0.2) is 15.5 Å². The maximum Gasteiger partial charge on any atom is 0.240 e. The number of nitrogens with two attached hydrogens (primary N) is 1. The average Bonchev–Trinajstić information content (AvgIpc) is 2.87. The lowest BCUT2D eigenvalue weighted by atomic mass is 10.2. The molecule has 7 heteroatoms. The summed E-state index contributed by atoms with van der Waals surface area (Å²) in [7, 11) is -2.09. The highest BCUT2D eigenvalue weighted by Crippen LogP contribution is 2.29. The molecule has 1 aromatic heterocycles. The smallest absolute Gasteiger partial charge is 0.240 e. The SMILES string of the molecule is CNS(=O)(=O)c1ccc(N)c(NC(C)c2ccc(C)s2)c1. The number of benzene rings is 1. The van der Waals surface area contributed by atoms with Gasteiger partial charge < -0.3 is 11.1 Å². The molecule has 0 aliphatic heterocycles. The minimum absolute atomic E-state index is 0.0542. The van der Waals surface area contributed by atoms with Gasteiger partial charge in [0.15, 0.2) is 0 Å². The first-order chi connectivity index (χ1) is 9.83. The second-order valence-corrected chi connectivity index (χ2v) is 7.98. The van der Waals surface area contributed by atoms with Crippen LogP contribution in [0.3, 0.4) is 0 Å². The normalized spacial score (nSPS) is 13.1. The summed E-state index contributed by atoms with van der Waals surface area (Å²) in [5.41, 5.74) is 7.07. The highest BCUT2D eigenvalue weighted by Gasteiger charge is 2.15. The van der Waals surface area contributed by atoms with Crippen molar-refractivity contribution in [1.82, 2.24) is 4.72 Å². The van der Waals surface area contributed by atoms with Gasteiger partial charge >= 0.3 is 0 Å². The molecule has 4 N–H and O–H groups in total. The first kappa shape index (κ1) is 15.8. The fourth-order valence-corrected chi connectivity index (χ4v) is 3.57. The van der Waals surface area contributed by atoms with Crippen molar-refractivity contribution >= 4 is 32.7 Å². The number of nitrogen functional groups attached to an aromatic ring is 1. The van der Waals surface area contributed by atoms with Crippen LogP contribution in [0.25, 0.3) is 0 Å². The van der Waals surface area contributed by atoms with E-state index in [0.717, 1.165) is 0 Å². The van der Waals surface area contributed by atoms with E-state index in [9.17, 15) is 8.42 Å². The van der Waals surface area contributed by atoms with E-state index in [1.165, 1.54) is 22.9 Å². The molecular formula is C14H19N3O2S2. The van der Waals surface area contributed by atoms with Crippen LogP contribution in [0.1, 0.15) is 22.7 Å². The Balaban J connectivity index is 2.29. The Labute approximate surface area is 129 Å². The van der Waals surface area contributed by atoms with Crippen LogP contribution < -0.4 is 15.8 Å². The van der Waals surface area contributed by atoms with Gasteiger partial charge in [-0.2, -0.15) is 0 Å². The van der Waals surface area contributed by atoms with Crippen LogP contribution in [0.5, 0.6) is 0 Å². The second-order valence-electron chi connectivity index (χ2n) is 4.77. The molecule has 114 valence electrons. The van der Waals surface area contributed by atoms with Gasteiger partial charge in [0.25, 0.3) is 0 Å². The topological polar surface area (TPSA) is 84.2 Å². The Morgan fingerprint density at radius 2 is 1.95 bits per heavy atom. The summed E-state index contributed by atoms with van der Waals surface area (Å²) in [6.45, 7) is 4.07. The Bertz CT molecular complexity index is 738. The molecule has 21 heavy (non-hydrogen) atoms. The van der Waals surface area contributed by atoms with E-state index < -0.39 is 10.0 Å². The third-order valence-corrected chi connectivity index (χ3v) is 5.76. The lowest BCUT2D eigenvalue weighted by Crippen LogP contribution is -2.19. The zero-order chi connectivity index (χ0) is 15.6. The standard InChI is InChI=1S/C14H19N3O2S2/c1-9-4-7-14(20-9)10(2)17-13-8-11(5-6-12(13)15)21(18,19)16-3/h4-8,10,16-17H,15H2,1-3H3. The zero-order valence-electron chi connectivity index (χ0n) is 12.2. The Morgan fingerprint density at radius 3 is 2.52 bits per heavy atom. The molecule has 1 atom stereocenters. The van der Waals surface area contributed by atoms with Crippen molar-refractivity contribution in [3.05, 3.63) is 40.1 Å². The molecule has 0 amide bonds. The third-order valence-electron chi connectivity index (χ3n) is 3.16. The number of hydrogen-bond acceptors (Lipinski definition) is 5. The summed E-state index contributed by atoms with van der Waals surface area (Å²) in [6, 6.07) is 8.81. The van der Waals surface area contributed by atoms with Crippen LogP contribution >= 0.6 is 11.3 Å². The molecule has 1 unspecified atom stereocenters. The summed E-state index contributed by atoms with van der Waals surface area (Å²) in [5, 5.41) is 3.27. The van der Waals surface area contributed by atoms with Gasteiger partial charge in [-0.1, -0.05) is 0 Å². The zero-order valence-corrected chi connectivity index (χ0v) is 13.8. The predicted molar refractivity (Wildman–Crippen MR) is 88.2 cm³/mol. The van der Waals surface area contributed by atoms with Crippen molar-refractivity contribution in [2.24, 2.45) is 0 Å². The van der Waals surface area contributed by atoms with Crippen molar-refractivity contribution in [3.8, 4) is 0 Å². The van der Waals surface area contributed by atoms with Crippen LogP contribution in [-0.2, 0) is 10.0 Å². The van der Waals surface area contributed by atoms with E-state index in [4.69, 9.17) is 5.73 Å². The average molecular weight is 325 g/mol. The van der Waals surface area contributed by atoms with Gasteiger partial charge in [0.2, 0.25) is 10.0 Å². The number of anilines is 2. The van der Waals surface area contributed by atoms with Crippen molar-refractivity contribution < 1.29 is 8.42 Å². The van der Waals surface area contributed by atoms with E-state index in [2.05, 4.69) is 29.1 Å². The van der Waals surface area contributed by atoms with Crippen molar-refractivity contribution in [2.45, 2.75) is 24.8 Å². The Morgan fingerprint density at radius 1 is 1.24 bits per heavy atom. The fourth-order valence-electron chi connectivity index (χ4n) is 1.94. The minimum Gasteiger partial charge on any atom is -0.397 e. The van der Waals surface area contributed by atoms with E-state index in [1.54, 1.807) is 23.5 Å². The van der Waals surface area contributed by atoms with Crippen LogP contribution in [0, 0.1) is 6.92 Å². The summed E-state index contributed by atoms with van der Waals surface area (Å²) >= 11 is 1.70. The summed E-state index contributed by atoms with van der Waals surface area (Å²) in [4.78, 5) is 2.60. The van der Waals surface area contributed by atoms with Gasteiger partial charge in [-0.05, 0) is 51.2 Å². The first-order valence-corrected chi connectivity index (χ1v) is 8.79. The summed E-state index contributed by atoms with van der Waals surface area (Å²) in [5.74, 6) is 0. The molecule has 5 nitrogen and oxygen atoms in total.